The molecule has 0 bridgehead atoms. The van der Waals surface area contributed by atoms with Gasteiger partial charge in [-0.2, -0.15) is 0 Å². The zero-order valence-electron chi connectivity index (χ0n) is 16.8. The summed E-state index contributed by atoms with van der Waals surface area (Å²) in [5, 5.41) is 11.1. The molecule has 0 amide bonds. The minimum absolute atomic E-state index is 0. The van der Waals surface area contributed by atoms with Crippen molar-refractivity contribution in [2.75, 3.05) is 58.3 Å². The summed E-state index contributed by atoms with van der Waals surface area (Å²) in [7, 11) is 1.80. The predicted molar refractivity (Wildman–Crippen MR) is 129 cm³/mol. The third-order valence-corrected chi connectivity index (χ3v) is 5.76. The summed E-state index contributed by atoms with van der Waals surface area (Å²) in [5.74, 6) is 0.822. The van der Waals surface area contributed by atoms with Gasteiger partial charge in [0.05, 0.1) is 23.4 Å². The maximum absolute atomic E-state index is 5.45. The minimum atomic E-state index is 0. The van der Waals surface area contributed by atoms with Crippen molar-refractivity contribution in [1.29, 1.82) is 0 Å². The van der Waals surface area contributed by atoms with Gasteiger partial charge in [0.15, 0.2) is 11.1 Å². The number of rotatable bonds is 7. The summed E-state index contributed by atoms with van der Waals surface area (Å²) >= 11 is 1.68. The van der Waals surface area contributed by atoms with E-state index in [0.717, 1.165) is 62.5 Å². The van der Waals surface area contributed by atoms with Crippen molar-refractivity contribution in [3.63, 3.8) is 0 Å². The number of fused-ring (bicyclic) bond motifs is 1. The average Bonchev–Trinajstić information content (AvgIpc) is 3.11. The van der Waals surface area contributed by atoms with E-state index in [2.05, 4.69) is 50.7 Å². The second kappa shape index (κ2) is 11.1. The molecule has 1 aromatic heterocycles. The molecule has 2 heterocycles. The van der Waals surface area contributed by atoms with E-state index in [0.29, 0.717) is 0 Å². The molecule has 1 fully saturated rings. The predicted octanol–water partition coefficient (Wildman–Crippen LogP) is 2.60. The largest absolute Gasteiger partial charge is 0.379 e. The molecule has 1 aromatic carbocycles. The first-order valence-electron chi connectivity index (χ1n) is 9.45. The molecule has 9 heteroatoms. The molecule has 3 rings (SSSR count). The fraction of sp³-hybridized carbons (Fsp3) is 0.579. The Labute approximate surface area is 188 Å². The Morgan fingerprint density at radius 1 is 1.21 bits per heavy atom. The number of morpholine rings is 1. The topological polar surface area (TPSA) is 73.8 Å². The maximum Gasteiger partial charge on any atom is 0.191 e. The van der Waals surface area contributed by atoms with E-state index < -0.39 is 0 Å². The Balaban J connectivity index is 0.00000280. The Kier molecular flexibility index (Phi) is 9.19. The standard InChI is InChI=1S/C19H30N6OS.HI/c1-19(2,25-10-12-26-13-11-25)14-23-17(20-3)21-8-9-22-18-24-15-6-4-5-7-16(15)27-18;/h4-7H,8-14H2,1-3H3,(H,22,24)(H2,20,21,23);1H. The van der Waals surface area contributed by atoms with Crippen LogP contribution >= 0.6 is 35.3 Å². The molecule has 0 spiro atoms. The van der Waals surface area contributed by atoms with Crippen molar-refractivity contribution in [2.24, 2.45) is 4.99 Å². The first-order valence-corrected chi connectivity index (χ1v) is 10.3. The SMILES string of the molecule is CN=C(NCCNc1nc2ccccc2s1)NCC(C)(C)N1CCOCC1.I. The van der Waals surface area contributed by atoms with Crippen molar-refractivity contribution in [2.45, 2.75) is 19.4 Å². The molecular formula is C19H31IN6OS. The second-order valence-corrected chi connectivity index (χ2v) is 8.21. The normalized spacial score (nSPS) is 15.9. The molecular weight excluding hydrogens is 487 g/mol. The van der Waals surface area contributed by atoms with Crippen LogP contribution in [0.2, 0.25) is 0 Å². The molecule has 1 aliphatic rings. The number of ether oxygens (including phenoxy) is 1. The zero-order chi connectivity index (χ0) is 19.1. The van der Waals surface area contributed by atoms with E-state index in [1.54, 1.807) is 18.4 Å². The van der Waals surface area contributed by atoms with Crippen molar-refractivity contribution in [3.05, 3.63) is 24.3 Å². The molecule has 1 aliphatic heterocycles. The molecule has 0 atom stereocenters. The molecule has 1 saturated heterocycles. The summed E-state index contributed by atoms with van der Waals surface area (Å²) < 4.78 is 6.66. The molecule has 2 aromatic rings. The van der Waals surface area contributed by atoms with Crippen LogP contribution in [0.1, 0.15) is 13.8 Å². The lowest BCUT2D eigenvalue weighted by Gasteiger charge is -2.41. The van der Waals surface area contributed by atoms with E-state index in [1.807, 2.05) is 18.2 Å². The van der Waals surface area contributed by atoms with Crippen molar-refractivity contribution < 1.29 is 4.74 Å². The van der Waals surface area contributed by atoms with Gasteiger partial charge in [0, 0.05) is 45.3 Å². The van der Waals surface area contributed by atoms with Gasteiger partial charge in [-0.25, -0.2) is 4.98 Å². The lowest BCUT2D eigenvalue weighted by atomic mass is 10.0. The van der Waals surface area contributed by atoms with Crippen LogP contribution < -0.4 is 16.0 Å². The van der Waals surface area contributed by atoms with Crippen LogP contribution in [0.3, 0.4) is 0 Å². The van der Waals surface area contributed by atoms with Crippen molar-refractivity contribution >= 4 is 56.6 Å². The van der Waals surface area contributed by atoms with Crippen LogP contribution in [0.5, 0.6) is 0 Å². The van der Waals surface area contributed by atoms with Gasteiger partial charge in [-0.1, -0.05) is 23.5 Å². The number of hydrogen-bond acceptors (Lipinski definition) is 6. The second-order valence-electron chi connectivity index (χ2n) is 7.18. The lowest BCUT2D eigenvalue weighted by Crippen LogP contribution is -2.56. The van der Waals surface area contributed by atoms with E-state index in [9.17, 15) is 0 Å². The molecule has 156 valence electrons. The Bertz CT molecular complexity index is 727. The number of benzene rings is 1. The van der Waals surface area contributed by atoms with Gasteiger partial charge in [0.2, 0.25) is 0 Å². The van der Waals surface area contributed by atoms with Crippen molar-refractivity contribution in [1.82, 2.24) is 20.5 Å². The molecule has 0 unspecified atom stereocenters. The van der Waals surface area contributed by atoms with Gasteiger partial charge >= 0.3 is 0 Å². The highest BCUT2D eigenvalue weighted by atomic mass is 127. The zero-order valence-corrected chi connectivity index (χ0v) is 20.0. The molecule has 28 heavy (non-hydrogen) atoms. The highest BCUT2D eigenvalue weighted by Gasteiger charge is 2.28. The molecule has 3 N–H and O–H groups in total. The van der Waals surface area contributed by atoms with E-state index in [-0.39, 0.29) is 29.5 Å². The van der Waals surface area contributed by atoms with Crippen molar-refractivity contribution in [3.8, 4) is 0 Å². The number of aromatic nitrogens is 1. The quantitative estimate of drug-likeness (QED) is 0.227. The van der Waals surface area contributed by atoms with Gasteiger partial charge in [0.25, 0.3) is 0 Å². The van der Waals surface area contributed by atoms with Crippen LogP contribution in [0.25, 0.3) is 10.2 Å². The first-order chi connectivity index (χ1) is 13.1. The van der Waals surface area contributed by atoms with Crippen LogP contribution in [0, 0.1) is 0 Å². The van der Waals surface area contributed by atoms with E-state index >= 15 is 0 Å². The molecule has 0 radical (unpaired) electrons. The summed E-state index contributed by atoms with van der Waals surface area (Å²) in [6, 6.07) is 8.19. The van der Waals surface area contributed by atoms with Crippen LogP contribution in [0.4, 0.5) is 5.13 Å². The smallest absolute Gasteiger partial charge is 0.191 e. The van der Waals surface area contributed by atoms with E-state index in [1.165, 1.54) is 4.70 Å². The summed E-state index contributed by atoms with van der Waals surface area (Å²) in [4.78, 5) is 11.4. The van der Waals surface area contributed by atoms with Gasteiger partial charge in [-0.15, -0.1) is 24.0 Å². The van der Waals surface area contributed by atoms with Gasteiger partial charge in [0.1, 0.15) is 0 Å². The highest BCUT2D eigenvalue weighted by molar-refractivity contribution is 14.0. The number of guanidine groups is 1. The van der Waals surface area contributed by atoms with Crippen LogP contribution in [0.15, 0.2) is 29.3 Å². The van der Waals surface area contributed by atoms with Gasteiger partial charge in [-0.05, 0) is 26.0 Å². The summed E-state index contributed by atoms with van der Waals surface area (Å²) in [6.07, 6.45) is 0. The number of thiazole rings is 1. The Morgan fingerprint density at radius 3 is 2.68 bits per heavy atom. The fourth-order valence-electron chi connectivity index (χ4n) is 3.10. The van der Waals surface area contributed by atoms with Crippen LogP contribution in [-0.4, -0.2) is 74.4 Å². The maximum atomic E-state index is 5.45. The minimum Gasteiger partial charge on any atom is -0.379 e. The average molecular weight is 518 g/mol. The molecule has 0 saturated carbocycles. The number of halogens is 1. The number of para-hydroxylation sites is 1. The first kappa shape index (κ1) is 23.1. The molecule has 0 aliphatic carbocycles. The van der Waals surface area contributed by atoms with E-state index in [4.69, 9.17) is 4.74 Å². The lowest BCUT2D eigenvalue weighted by molar-refractivity contribution is -0.00833. The third kappa shape index (κ3) is 6.43. The fourth-order valence-corrected chi connectivity index (χ4v) is 3.99. The number of hydrogen-bond donors (Lipinski definition) is 3. The third-order valence-electron chi connectivity index (χ3n) is 4.77. The summed E-state index contributed by atoms with van der Waals surface area (Å²) in [5.41, 5.74) is 1.10. The number of anilines is 1. The number of nitrogens with one attached hydrogen (secondary N) is 3. The van der Waals surface area contributed by atoms with Gasteiger partial charge < -0.3 is 20.7 Å². The summed E-state index contributed by atoms with van der Waals surface area (Å²) in [6.45, 7) is 10.5. The Morgan fingerprint density at radius 2 is 1.96 bits per heavy atom. The van der Waals surface area contributed by atoms with Crippen LogP contribution in [-0.2, 0) is 4.74 Å². The number of aliphatic imine (C=N–C) groups is 1. The number of nitrogens with zero attached hydrogens (tertiary/aromatic N) is 3. The Hall–Kier alpha value is -1.17. The highest BCUT2D eigenvalue weighted by Crippen LogP contribution is 2.24. The van der Waals surface area contributed by atoms with Gasteiger partial charge in [-0.3, -0.25) is 9.89 Å². The monoisotopic (exact) mass is 518 g/mol. The molecule has 7 nitrogen and oxygen atoms in total.